The number of thiophene rings is 1. The molecule has 0 aliphatic carbocycles. The number of fused-ring (bicyclic) bond motifs is 1. The largest absolute Gasteiger partial charge is 0.508 e. The van der Waals surface area contributed by atoms with E-state index in [1.165, 1.54) is 11.3 Å². The quantitative estimate of drug-likeness (QED) is 0.101. The Kier molecular flexibility index (Phi) is 11.7. The van der Waals surface area contributed by atoms with Crippen LogP contribution in [0.15, 0.2) is 98.3 Å². The second kappa shape index (κ2) is 15.9. The van der Waals surface area contributed by atoms with Crippen LogP contribution in [-0.4, -0.2) is 42.7 Å². The molecule has 1 aliphatic heterocycles. The lowest BCUT2D eigenvalue weighted by atomic mass is 10.0. The van der Waals surface area contributed by atoms with Crippen molar-refractivity contribution in [1.82, 2.24) is 9.13 Å². The number of hydrogen-bond acceptors (Lipinski definition) is 7. The molecular weight excluding hydrogens is 783 g/mol. The lowest BCUT2D eigenvalue weighted by Crippen LogP contribution is -2.69. The Morgan fingerprint density at radius 2 is 1.54 bits per heavy atom. The zero-order valence-corrected chi connectivity index (χ0v) is 35.0. The van der Waals surface area contributed by atoms with E-state index in [9.17, 15) is 9.59 Å². The van der Waals surface area contributed by atoms with Crippen molar-refractivity contribution >= 4 is 62.1 Å². The standard InChI is InChI=1S/C42H46BrN3O6SSi/c1-28-35-37(47)46(42(5,6)39(48)52-54(41(2,3)4,31-17-10-8-11-18-31)32-19-12-9-13-20-32)40(49)45(38(35)53-36(28)43)27-34(51-30-22-24-50-25-23-30)33-21-15-14-16-29(33)26-44-7/h8-21,30,34H,22-27H2,1-6H3. The van der Waals surface area contributed by atoms with E-state index in [0.29, 0.717) is 45.6 Å². The average molecular weight is 829 g/mol. The molecule has 3 aromatic carbocycles. The number of benzene rings is 3. The minimum Gasteiger partial charge on any atom is -0.508 e. The van der Waals surface area contributed by atoms with Crippen LogP contribution in [0.25, 0.3) is 15.1 Å². The Morgan fingerprint density at radius 1 is 0.963 bits per heavy atom. The van der Waals surface area contributed by atoms with Gasteiger partial charge in [-0.2, -0.15) is 0 Å². The number of ether oxygens (including phenoxy) is 2. The molecular formula is C42H46BrN3O6SSi. The van der Waals surface area contributed by atoms with Gasteiger partial charge in [-0.15, -0.1) is 11.3 Å². The van der Waals surface area contributed by atoms with Gasteiger partial charge in [0.1, 0.15) is 16.5 Å². The Hall–Kier alpha value is -4.12. The monoisotopic (exact) mass is 827 g/mol. The maximum atomic E-state index is 15.0. The third-order valence-electron chi connectivity index (χ3n) is 10.4. The number of aryl methyl sites for hydroxylation is 1. The van der Waals surface area contributed by atoms with Gasteiger partial charge in [0.15, 0.2) is 0 Å². The summed E-state index contributed by atoms with van der Waals surface area (Å²) in [5.74, 6) is -0.675. The van der Waals surface area contributed by atoms with Crippen molar-refractivity contribution in [3.63, 3.8) is 0 Å². The summed E-state index contributed by atoms with van der Waals surface area (Å²) in [6.45, 7) is 20.2. The number of halogens is 1. The topological polar surface area (TPSA) is 93.1 Å². The fourth-order valence-corrected chi connectivity index (χ4v) is 13.6. The van der Waals surface area contributed by atoms with Gasteiger partial charge in [0.2, 0.25) is 6.54 Å². The molecule has 1 aliphatic rings. The summed E-state index contributed by atoms with van der Waals surface area (Å²) in [6, 6.07) is 27.2. The Bertz CT molecular complexity index is 2260. The third kappa shape index (κ3) is 7.32. The molecule has 54 heavy (non-hydrogen) atoms. The van der Waals surface area contributed by atoms with E-state index >= 15 is 4.79 Å². The van der Waals surface area contributed by atoms with Gasteiger partial charge < -0.3 is 18.7 Å². The summed E-state index contributed by atoms with van der Waals surface area (Å²) in [5, 5.41) is 1.62. The Labute approximate surface area is 329 Å². The maximum Gasteiger partial charge on any atom is 0.333 e. The zero-order chi connectivity index (χ0) is 38.8. The normalized spacial score (nSPS) is 14.9. The molecule has 2 aromatic heterocycles. The van der Waals surface area contributed by atoms with Crippen LogP contribution in [0.5, 0.6) is 0 Å². The van der Waals surface area contributed by atoms with Crippen LogP contribution in [0, 0.1) is 13.5 Å². The van der Waals surface area contributed by atoms with Crippen molar-refractivity contribution in [2.24, 2.45) is 0 Å². The lowest BCUT2D eigenvalue weighted by Gasteiger charge is -2.43. The minimum atomic E-state index is -3.41. The number of carbonyl (C=O) groups is 1. The minimum absolute atomic E-state index is 0.0498. The van der Waals surface area contributed by atoms with E-state index in [0.717, 1.165) is 26.1 Å². The number of hydrogen-bond donors (Lipinski definition) is 0. The molecule has 12 heteroatoms. The van der Waals surface area contributed by atoms with Crippen molar-refractivity contribution in [2.45, 2.75) is 90.3 Å². The summed E-state index contributed by atoms with van der Waals surface area (Å²) in [6.07, 6.45) is 0.620. The highest BCUT2D eigenvalue weighted by Crippen LogP contribution is 2.39. The van der Waals surface area contributed by atoms with Gasteiger partial charge in [0.25, 0.3) is 5.56 Å². The summed E-state index contributed by atoms with van der Waals surface area (Å²) >= 11 is 4.93. The molecule has 0 N–H and O–H groups in total. The Morgan fingerprint density at radius 3 is 2.11 bits per heavy atom. The third-order valence-corrected chi connectivity index (χ3v) is 17.5. The molecule has 9 nitrogen and oxygen atoms in total. The van der Waals surface area contributed by atoms with Gasteiger partial charge in [-0.25, -0.2) is 15.9 Å². The first-order valence-electron chi connectivity index (χ1n) is 18.2. The van der Waals surface area contributed by atoms with Crippen LogP contribution in [0.4, 0.5) is 0 Å². The van der Waals surface area contributed by atoms with Crippen molar-refractivity contribution in [1.29, 1.82) is 0 Å². The second-order valence-corrected chi connectivity index (χ2v) is 21.8. The van der Waals surface area contributed by atoms with Gasteiger partial charge >= 0.3 is 20.0 Å². The summed E-state index contributed by atoms with van der Waals surface area (Å²) in [5.41, 5.74) is -0.652. The molecule has 5 aromatic rings. The van der Waals surface area contributed by atoms with Crippen molar-refractivity contribution in [3.8, 4) is 0 Å². The van der Waals surface area contributed by atoms with Crippen LogP contribution in [-0.2, 0) is 37.3 Å². The van der Waals surface area contributed by atoms with E-state index < -0.39 is 42.2 Å². The Balaban J connectivity index is 1.53. The molecule has 282 valence electrons. The first-order chi connectivity index (χ1) is 25.7. The van der Waals surface area contributed by atoms with E-state index in [1.54, 1.807) is 18.4 Å². The molecule has 1 fully saturated rings. The molecule has 3 heterocycles. The van der Waals surface area contributed by atoms with E-state index in [2.05, 4.69) is 41.5 Å². The SMILES string of the molecule is [C-]#[N+]Cc1ccccc1C(Cn1c(=O)n(C(C)(C)C(=O)O[Si](c2ccccc2)(c2ccccc2)C(C)(C)C)c(=O)c2c(C)c(Br)sc21)OC1CCOCC1. The predicted molar refractivity (Wildman–Crippen MR) is 220 cm³/mol. The summed E-state index contributed by atoms with van der Waals surface area (Å²) in [7, 11) is -3.41. The van der Waals surface area contributed by atoms with Crippen LogP contribution in [0.3, 0.4) is 0 Å². The molecule has 1 atom stereocenters. The molecule has 0 amide bonds. The fraction of sp³-hybridized carbons (Fsp3) is 0.381. The summed E-state index contributed by atoms with van der Waals surface area (Å²) < 4.78 is 22.6. The maximum absolute atomic E-state index is 15.0. The molecule has 1 unspecified atom stereocenters. The lowest BCUT2D eigenvalue weighted by molar-refractivity contribution is -0.144. The summed E-state index contributed by atoms with van der Waals surface area (Å²) in [4.78, 5) is 48.8. The van der Waals surface area contributed by atoms with Crippen molar-refractivity contribution in [3.05, 3.63) is 138 Å². The van der Waals surface area contributed by atoms with Crippen LogP contribution in [0.1, 0.15) is 70.3 Å². The van der Waals surface area contributed by atoms with Gasteiger partial charge in [0.05, 0.1) is 21.8 Å². The van der Waals surface area contributed by atoms with E-state index in [4.69, 9.17) is 20.5 Å². The number of nitrogens with zero attached hydrogens (tertiary/aromatic N) is 3. The zero-order valence-electron chi connectivity index (χ0n) is 31.6. The predicted octanol–water partition coefficient (Wildman–Crippen LogP) is 7.49. The molecule has 6 rings (SSSR count). The number of aromatic nitrogens is 2. The van der Waals surface area contributed by atoms with Gasteiger partial charge in [0, 0.05) is 18.8 Å². The van der Waals surface area contributed by atoms with Crippen molar-refractivity contribution in [2.75, 3.05) is 13.2 Å². The highest BCUT2D eigenvalue weighted by molar-refractivity contribution is 9.11. The van der Waals surface area contributed by atoms with Crippen molar-refractivity contribution < 1.29 is 18.7 Å². The van der Waals surface area contributed by atoms with Crippen LogP contribution in [0.2, 0.25) is 5.04 Å². The van der Waals surface area contributed by atoms with Gasteiger partial charge in [-0.1, -0.05) is 106 Å². The first-order valence-corrected chi connectivity index (χ1v) is 21.7. The average Bonchev–Trinajstić information content (AvgIpc) is 3.46. The molecule has 0 spiro atoms. The highest BCUT2D eigenvalue weighted by Gasteiger charge is 2.55. The highest BCUT2D eigenvalue weighted by atomic mass is 79.9. The van der Waals surface area contributed by atoms with Gasteiger partial charge in [-0.3, -0.25) is 14.2 Å². The number of carbonyl (C=O) groups excluding carboxylic acids is 1. The van der Waals surface area contributed by atoms with Crippen LogP contribution >= 0.6 is 27.3 Å². The first kappa shape index (κ1) is 39.6. The molecule has 1 saturated heterocycles. The van der Waals surface area contributed by atoms with Gasteiger partial charge in [-0.05, 0) is 76.1 Å². The molecule has 0 saturated carbocycles. The van der Waals surface area contributed by atoms with Crippen LogP contribution < -0.4 is 21.6 Å². The number of rotatable bonds is 11. The van der Waals surface area contributed by atoms with E-state index in [1.807, 2.05) is 91.9 Å². The smallest absolute Gasteiger partial charge is 0.333 e. The second-order valence-electron chi connectivity index (χ2n) is 15.3. The fourth-order valence-electron chi connectivity index (χ4n) is 7.48. The molecule has 0 bridgehead atoms. The molecule has 0 radical (unpaired) electrons. The van der Waals surface area contributed by atoms with E-state index in [-0.39, 0.29) is 19.2 Å².